The molecule has 0 N–H and O–H groups in total. The van der Waals surface area contributed by atoms with Gasteiger partial charge in [-0.05, 0) is 12.5 Å². The zero-order chi connectivity index (χ0) is 11.8. The minimum absolute atomic E-state index is 0.101. The molecule has 0 aromatic heterocycles. The van der Waals surface area contributed by atoms with Gasteiger partial charge in [-0.3, -0.25) is 10.1 Å². The summed E-state index contributed by atoms with van der Waals surface area (Å²) in [5.41, 5.74) is -0.0822. The van der Waals surface area contributed by atoms with Gasteiger partial charge in [0.05, 0.1) is 9.95 Å². The highest BCUT2D eigenvalue weighted by Crippen LogP contribution is 2.31. The summed E-state index contributed by atoms with van der Waals surface area (Å²) in [4.78, 5) is 9.31. The monoisotopic (exact) mass is 269 g/mol. The molecule has 0 unspecified atom stereocenters. The van der Waals surface area contributed by atoms with Crippen LogP contribution in [0.5, 0.6) is 0 Å². The van der Waals surface area contributed by atoms with Crippen LogP contribution in [0.15, 0.2) is 17.0 Å². The number of nitrogens with zero attached hydrogens (tertiary/aromatic N) is 1. The van der Waals surface area contributed by atoms with Gasteiger partial charge >= 0.3 is 0 Å². The van der Waals surface area contributed by atoms with E-state index in [-0.39, 0.29) is 16.3 Å². The second kappa shape index (κ2) is 3.96. The number of nitro groups is 1. The van der Waals surface area contributed by atoms with E-state index in [0.29, 0.717) is 0 Å². The van der Waals surface area contributed by atoms with E-state index in [4.69, 9.17) is 22.3 Å². The van der Waals surface area contributed by atoms with Crippen molar-refractivity contribution in [3.63, 3.8) is 0 Å². The highest BCUT2D eigenvalue weighted by Gasteiger charge is 2.21. The van der Waals surface area contributed by atoms with E-state index in [2.05, 4.69) is 0 Å². The SMILES string of the molecule is Cc1cc([N+](=O)[O-])cc(S(=O)(=O)Cl)c1Cl. The molecule has 0 aliphatic carbocycles. The number of nitro benzene ring substituents is 1. The van der Waals surface area contributed by atoms with Gasteiger partial charge < -0.3 is 0 Å². The third kappa shape index (κ3) is 2.58. The summed E-state index contributed by atoms with van der Waals surface area (Å²) in [5, 5.41) is 10.4. The molecule has 0 aliphatic rings. The summed E-state index contributed by atoms with van der Waals surface area (Å²) in [7, 11) is 1.00. The van der Waals surface area contributed by atoms with Crippen LogP contribution in [0.2, 0.25) is 5.02 Å². The molecule has 1 aromatic rings. The molecule has 0 aliphatic heterocycles. The second-order valence-electron chi connectivity index (χ2n) is 2.77. The molecule has 1 rings (SSSR count). The van der Waals surface area contributed by atoms with E-state index in [0.717, 1.165) is 6.07 Å². The summed E-state index contributed by atoms with van der Waals surface area (Å²) in [5.74, 6) is 0. The van der Waals surface area contributed by atoms with Crippen LogP contribution in [0.4, 0.5) is 5.69 Å². The van der Waals surface area contributed by atoms with E-state index in [1.54, 1.807) is 0 Å². The molecule has 1 aromatic carbocycles. The van der Waals surface area contributed by atoms with Crippen LogP contribution in [-0.4, -0.2) is 13.3 Å². The molecule has 0 amide bonds. The van der Waals surface area contributed by atoms with Crippen molar-refractivity contribution in [2.24, 2.45) is 0 Å². The average molecular weight is 270 g/mol. The van der Waals surface area contributed by atoms with E-state index >= 15 is 0 Å². The first-order chi connectivity index (χ1) is 6.73. The van der Waals surface area contributed by atoms with Crippen molar-refractivity contribution >= 4 is 37.0 Å². The Morgan fingerprint density at radius 2 is 1.93 bits per heavy atom. The van der Waals surface area contributed by atoms with Gasteiger partial charge in [0.15, 0.2) is 0 Å². The van der Waals surface area contributed by atoms with Crippen LogP contribution in [0.3, 0.4) is 0 Å². The van der Waals surface area contributed by atoms with Crippen LogP contribution in [0.25, 0.3) is 0 Å². The van der Waals surface area contributed by atoms with Crippen molar-refractivity contribution < 1.29 is 13.3 Å². The Morgan fingerprint density at radius 1 is 1.40 bits per heavy atom. The molecule has 15 heavy (non-hydrogen) atoms. The van der Waals surface area contributed by atoms with Gasteiger partial charge in [-0.2, -0.15) is 0 Å². The quantitative estimate of drug-likeness (QED) is 0.470. The zero-order valence-electron chi connectivity index (χ0n) is 7.40. The van der Waals surface area contributed by atoms with Gasteiger partial charge in [0.2, 0.25) is 0 Å². The molecule has 0 saturated heterocycles. The van der Waals surface area contributed by atoms with Crippen molar-refractivity contribution in [2.45, 2.75) is 11.8 Å². The Bertz CT molecular complexity index is 526. The largest absolute Gasteiger partial charge is 0.271 e. The third-order valence-electron chi connectivity index (χ3n) is 1.68. The van der Waals surface area contributed by atoms with E-state index in [9.17, 15) is 18.5 Å². The van der Waals surface area contributed by atoms with Crippen LogP contribution < -0.4 is 0 Å². The number of benzene rings is 1. The first-order valence-corrected chi connectivity index (χ1v) is 6.31. The summed E-state index contributed by atoms with van der Waals surface area (Å²) in [6.45, 7) is 1.46. The fraction of sp³-hybridized carbons (Fsp3) is 0.143. The zero-order valence-corrected chi connectivity index (χ0v) is 9.73. The highest BCUT2D eigenvalue weighted by molar-refractivity contribution is 8.13. The highest BCUT2D eigenvalue weighted by atomic mass is 35.7. The average Bonchev–Trinajstić information content (AvgIpc) is 2.06. The van der Waals surface area contributed by atoms with E-state index in [1.165, 1.54) is 13.0 Å². The van der Waals surface area contributed by atoms with Crippen molar-refractivity contribution in [3.8, 4) is 0 Å². The van der Waals surface area contributed by atoms with Crippen LogP contribution in [-0.2, 0) is 9.05 Å². The Labute approximate surface area is 95.2 Å². The number of halogens is 2. The standard InChI is InChI=1S/C7H5Cl2NO4S/c1-4-2-5(10(11)12)3-6(7(4)8)15(9,13)14/h2-3H,1H3. The number of rotatable bonds is 2. The lowest BCUT2D eigenvalue weighted by atomic mass is 10.2. The van der Waals surface area contributed by atoms with Crippen LogP contribution in [0.1, 0.15) is 5.56 Å². The van der Waals surface area contributed by atoms with E-state index in [1.807, 2.05) is 0 Å². The molecular weight excluding hydrogens is 265 g/mol. The molecule has 8 heteroatoms. The predicted octanol–water partition coefficient (Wildman–Crippen LogP) is 2.48. The fourth-order valence-corrected chi connectivity index (χ4v) is 2.54. The minimum atomic E-state index is -4.08. The molecule has 0 saturated carbocycles. The Balaban J connectivity index is 3.59. The molecule has 5 nitrogen and oxygen atoms in total. The predicted molar refractivity (Wildman–Crippen MR) is 55.9 cm³/mol. The maximum Gasteiger partial charge on any atom is 0.271 e. The maximum absolute atomic E-state index is 11.0. The molecule has 82 valence electrons. The topological polar surface area (TPSA) is 77.3 Å². The van der Waals surface area contributed by atoms with Crippen molar-refractivity contribution in [1.82, 2.24) is 0 Å². The van der Waals surface area contributed by atoms with Gasteiger partial charge in [-0.25, -0.2) is 8.42 Å². The maximum atomic E-state index is 11.0. The minimum Gasteiger partial charge on any atom is -0.258 e. The lowest BCUT2D eigenvalue weighted by molar-refractivity contribution is -0.385. The Hall–Kier alpha value is -0.850. The van der Waals surface area contributed by atoms with Gasteiger partial charge in [-0.15, -0.1) is 0 Å². The number of hydrogen-bond acceptors (Lipinski definition) is 4. The molecule has 0 heterocycles. The lowest BCUT2D eigenvalue weighted by Gasteiger charge is -2.03. The van der Waals surface area contributed by atoms with Crippen molar-refractivity contribution in [3.05, 3.63) is 32.8 Å². The Morgan fingerprint density at radius 3 is 2.33 bits per heavy atom. The summed E-state index contributed by atoms with van der Waals surface area (Å²) in [6.07, 6.45) is 0. The first kappa shape index (κ1) is 12.2. The van der Waals surface area contributed by atoms with Gasteiger partial charge in [0, 0.05) is 22.8 Å². The third-order valence-corrected chi connectivity index (χ3v) is 3.64. The summed E-state index contributed by atoms with van der Waals surface area (Å²) in [6, 6.07) is 2.01. The number of aryl methyl sites for hydroxylation is 1. The summed E-state index contributed by atoms with van der Waals surface area (Å²) >= 11 is 5.67. The van der Waals surface area contributed by atoms with Crippen LogP contribution in [0, 0.1) is 17.0 Å². The second-order valence-corrected chi connectivity index (χ2v) is 5.68. The van der Waals surface area contributed by atoms with Gasteiger partial charge in [0.1, 0.15) is 4.90 Å². The molecular formula is C7H5Cl2NO4S. The van der Waals surface area contributed by atoms with E-state index < -0.39 is 18.9 Å². The van der Waals surface area contributed by atoms with Gasteiger partial charge in [-0.1, -0.05) is 11.6 Å². The van der Waals surface area contributed by atoms with Crippen molar-refractivity contribution in [1.29, 1.82) is 0 Å². The smallest absolute Gasteiger partial charge is 0.258 e. The number of non-ortho nitro benzene ring substituents is 1. The van der Waals surface area contributed by atoms with Crippen LogP contribution >= 0.6 is 22.3 Å². The lowest BCUT2D eigenvalue weighted by Crippen LogP contribution is -1.97. The summed E-state index contributed by atoms with van der Waals surface area (Å²) < 4.78 is 22.1. The molecule has 0 spiro atoms. The number of hydrogen-bond donors (Lipinski definition) is 0. The normalized spacial score (nSPS) is 11.4. The van der Waals surface area contributed by atoms with Crippen molar-refractivity contribution in [2.75, 3.05) is 0 Å². The first-order valence-electron chi connectivity index (χ1n) is 3.62. The van der Waals surface area contributed by atoms with Gasteiger partial charge in [0.25, 0.3) is 14.7 Å². The molecule has 0 atom stereocenters. The molecule has 0 fully saturated rings. The molecule has 0 radical (unpaired) electrons. The fourth-order valence-electron chi connectivity index (χ4n) is 1.00. The Kier molecular flexibility index (Phi) is 3.22. The molecule has 0 bridgehead atoms.